The van der Waals surface area contributed by atoms with Crippen LogP contribution in [0.2, 0.25) is 0 Å². The first-order valence-corrected chi connectivity index (χ1v) is 9.24. The summed E-state index contributed by atoms with van der Waals surface area (Å²) in [4.78, 5) is 17.3. The Kier molecular flexibility index (Phi) is 6.39. The van der Waals surface area contributed by atoms with Crippen LogP contribution >= 0.6 is 0 Å². The number of imidazole rings is 1. The molecule has 152 valence electrons. The summed E-state index contributed by atoms with van der Waals surface area (Å²) in [6.07, 6.45) is 2.83. The molecule has 29 heavy (non-hydrogen) atoms. The zero-order valence-electron chi connectivity index (χ0n) is 17.0. The number of nitrogens with zero attached hydrogens (tertiary/aromatic N) is 2. The first-order chi connectivity index (χ1) is 14.0. The van der Waals surface area contributed by atoms with Gasteiger partial charge in [0.05, 0.1) is 14.2 Å². The van der Waals surface area contributed by atoms with Gasteiger partial charge in [0.25, 0.3) is 5.91 Å². The Morgan fingerprint density at radius 2 is 1.69 bits per heavy atom. The van der Waals surface area contributed by atoms with Crippen molar-refractivity contribution in [3.8, 4) is 17.2 Å². The Hall–Kier alpha value is -3.48. The first kappa shape index (κ1) is 20.3. The maximum Gasteiger partial charge on any atom is 0.261 e. The lowest BCUT2D eigenvalue weighted by Gasteiger charge is -2.23. The number of hydrogen-bond acceptors (Lipinski definition) is 5. The number of nitrogens with one attached hydrogen (secondary N) is 1. The Morgan fingerprint density at radius 1 is 1.03 bits per heavy atom. The lowest BCUT2D eigenvalue weighted by atomic mass is 10.0. The van der Waals surface area contributed by atoms with Crippen LogP contribution in [-0.2, 0) is 11.8 Å². The maximum absolute atomic E-state index is 12.9. The fourth-order valence-corrected chi connectivity index (χ4v) is 2.96. The van der Waals surface area contributed by atoms with Crippen molar-refractivity contribution in [3.63, 3.8) is 0 Å². The fraction of sp³-hybridized carbons (Fsp3) is 0.273. The highest BCUT2D eigenvalue weighted by molar-refractivity contribution is 5.81. The van der Waals surface area contributed by atoms with Crippen molar-refractivity contribution in [2.75, 3.05) is 14.2 Å². The molecule has 0 spiro atoms. The molecule has 2 aromatic carbocycles. The molecular weight excluding hydrogens is 370 g/mol. The summed E-state index contributed by atoms with van der Waals surface area (Å²) in [6.45, 7) is 1.71. The minimum absolute atomic E-state index is 0.261. The molecule has 1 heterocycles. The van der Waals surface area contributed by atoms with E-state index in [0.717, 1.165) is 5.56 Å². The number of ether oxygens (including phenoxy) is 3. The average molecular weight is 395 g/mol. The van der Waals surface area contributed by atoms with E-state index in [-0.39, 0.29) is 5.91 Å². The summed E-state index contributed by atoms with van der Waals surface area (Å²) in [5.74, 6) is 2.30. The lowest BCUT2D eigenvalue weighted by Crippen LogP contribution is -2.39. The second kappa shape index (κ2) is 9.14. The van der Waals surface area contributed by atoms with Gasteiger partial charge in [-0.3, -0.25) is 4.79 Å². The van der Waals surface area contributed by atoms with Gasteiger partial charge < -0.3 is 24.1 Å². The maximum atomic E-state index is 12.9. The molecule has 0 saturated heterocycles. The van der Waals surface area contributed by atoms with Crippen molar-refractivity contribution in [2.45, 2.75) is 19.1 Å². The van der Waals surface area contributed by atoms with Crippen molar-refractivity contribution >= 4 is 5.91 Å². The Balaban J connectivity index is 1.89. The van der Waals surface area contributed by atoms with Gasteiger partial charge in [0.15, 0.2) is 6.10 Å². The summed E-state index contributed by atoms with van der Waals surface area (Å²) in [7, 11) is 5.05. The molecule has 0 aliphatic heterocycles. The molecule has 7 nitrogen and oxygen atoms in total. The zero-order chi connectivity index (χ0) is 20.8. The summed E-state index contributed by atoms with van der Waals surface area (Å²) in [5, 5.41) is 3.04. The molecular formula is C22H25N3O4. The number of amides is 1. The third-order valence-electron chi connectivity index (χ3n) is 4.54. The number of aromatic nitrogens is 2. The van der Waals surface area contributed by atoms with Crippen LogP contribution in [0, 0.1) is 0 Å². The van der Waals surface area contributed by atoms with Crippen LogP contribution in [0.25, 0.3) is 0 Å². The van der Waals surface area contributed by atoms with Crippen LogP contribution in [0.3, 0.4) is 0 Å². The number of benzene rings is 2. The van der Waals surface area contributed by atoms with E-state index in [1.165, 1.54) is 0 Å². The van der Waals surface area contributed by atoms with Gasteiger partial charge in [0.2, 0.25) is 0 Å². The van der Waals surface area contributed by atoms with Gasteiger partial charge in [-0.15, -0.1) is 0 Å². The monoisotopic (exact) mass is 395 g/mol. The topological polar surface area (TPSA) is 74.6 Å². The Bertz CT molecular complexity index is 933. The molecule has 1 N–H and O–H groups in total. The highest BCUT2D eigenvalue weighted by Crippen LogP contribution is 2.29. The van der Waals surface area contributed by atoms with Gasteiger partial charge in [0, 0.05) is 25.5 Å². The van der Waals surface area contributed by atoms with Gasteiger partial charge in [-0.05, 0) is 36.8 Å². The number of para-hydroxylation sites is 1. The highest BCUT2D eigenvalue weighted by Gasteiger charge is 2.25. The van der Waals surface area contributed by atoms with E-state index in [0.29, 0.717) is 23.1 Å². The molecule has 3 aromatic rings. The third-order valence-corrected chi connectivity index (χ3v) is 4.54. The zero-order valence-corrected chi connectivity index (χ0v) is 17.0. The van der Waals surface area contributed by atoms with Crippen LogP contribution < -0.4 is 19.5 Å². The molecule has 0 aliphatic rings. The molecule has 0 saturated carbocycles. The van der Waals surface area contributed by atoms with Crippen LogP contribution in [0.15, 0.2) is 60.9 Å². The summed E-state index contributed by atoms with van der Waals surface area (Å²) in [5.41, 5.74) is 0.788. The van der Waals surface area contributed by atoms with Gasteiger partial charge in [-0.1, -0.05) is 18.2 Å². The lowest BCUT2D eigenvalue weighted by molar-refractivity contribution is -0.127. The van der Waals surface area contributed by atoms with E-state index in [2.05, 4.69) is 10.3 Å². The molecule has 1 aromatic heterocycles. The largest absolute Gasteiger partial charge is 0.497 e. The molecule has 0 bridgehead atoms. The quantitative estimate of drug-likeness (QED) is 0.634. The smallest absolute Gasteiger partial charge is 0.261 e. The van der Waals surface area contributed by atoms with Crippen molar-refractivity contribution < 1.29 is 19.0 Å². The average Bonchev–Trinajstić information content (AvgIpc) is 3.17. The van der Waals surface area contributed by atoms with Crippen LogP contribution in [-0.4, -0.2) is 35.8 Å². The molecule has 0 aliphatic carbocycles. The predicted octanol–water partition coefficient (Wildman–Crippen LogP) is 3.11. The number of aryl methyl sites for hydroxylation is 1. The van der Waals surface area contributed by atoms with Crippen molar-refractivity contribution in [1.29, 1.82) is 0 Å². The van der Waals surface area contributed by atoms with E-state index in [9.17, 15) is 4.79 Å². The minimum Gasteiger partial charge on any atom is -0.497 e. The Labute approximate surface area is 170 Å². The van der Waals surface area contributed by atoms with Gasteiger partial charge >= 0.3 is 0 Å². The van der Waals surface area contributed by atoms with Crippen LogP contribution in [0.1, 0.15) is 24.4 Å². The van der Waals surface area contributed by atoms with E-state index < -0.39 is 12.1 Å². The van der Waals surface area contributed by atoms with Crippen molar-refractivity contribution in [3.05, 3.63) is 72.3 Å². The van der Waals surface area contributed by atoms with Crippen LogP contribution in [0.4, 0.5) is 0 Å². The molecule has 1 amide bonds. The van der Waals surface area contributed by atoms with E-state index in [1.807, 2.05) is 60.3 Å². The van der Waals surface area contributed by atoms with E-state index in [1.54, 1.807) is 33.4 Å². The molecule has 0 fully saturated rings. The highest BCUT2D eigenvalue weighted by atomic mass is 16.5. The molecule has 3 rings (SSSR count). The number of carbonyl (C=O) groups is 1. The van der Waals surface area contributed by atoms with E-state index >= 15 is 0 Å². The first-order valence-electron chi connectivity index (χ1n) is 9.24. The van der Waals surface area contributed by atoms with Crippen LogP contribution in [0.5, 0.6) is 17.2 Å². The minimum atomic E-state index is -0.687. The second-order valence-electron chi connectivity index (χ2n) is 6.56. The number of hydrogen-bond donors (Lipinski definition) is 1. The molecule has 7 heteroatoms. The molecule has 0 radical (unpaired) electrons. The third kappa shape index (κ3) is 4.87. The Morgan fingerprint density at radius 3 is 2.24 bits per heavy atom. The molecule has 2 atom stereocenters. The summed E-state index contributed by atoms with van der Waals surface area (Å²) >= 11 is 0. The number of methoxy groups -OCH3 is 2. The van der Waals surface area contributed by atoms with Crippen molar-refractivity contribution in [1.82, 2.24) is 14.9 Å². The van der Waals surface area contributed by atoms with Gasteiger partial charge in [-0.25, -0.2) is 4.98 Å². The second-order valence-corrected chi connectivity index (χ2v) is 6.56. The summed E-state index contributed by atoms with van der Waals surface area (Å²) in [6, 6.07) is 14.2. The van der Waals surface area contributed by atoms with Gasteiger partial charge in [0.1, 0.15) is 29.1 Å². The summed E-state index contributed by atoms with van der Waals surface area (Å²) < 4.78 is 18.4. The number of carbonyl (C=O) groups excluding carboxylic acids is 1. The molecule has 0 unspecified atom stereocenters. The normalized spacial score (nSPS) is 12.7. The SMILES string of the molecule is COc1cc(OC)cc([C@H](NC(=O)[C@H](C)Oc2ccccc2)c2nccn2C)c1. The predicted molar refractivity (Wildman–Crippen MR) is 109 cm³/mol. The fourth-order valence-electron chi connectivity index (χ4n) is 2.96. The number of rotatable bonds is 8. The van der Waals surface area contributed by atoms with Gasteiger partial charge in [-0.2, -0.15) is 0 Å². The van der Waals surface area contributed by atoms with E-state index in [4.69, 9.17) is 14.2 Å². The van der Waals surface area contributed by atoms with Crippen molar-refractivity contribution in [2.24, 2.45) is 7.05 Å². The standard InChI is InChI=1S/C22H25N3O4/c1-15(29-17-8-6-5-7-9-17)22(26)24-20(21-23-10-11-25(21)2)16-12-18(27-3)14-19(13-16)28-4/h5-15,20H,1-4H3,(H,24,26)/t15-,20-/m0/s1.